The first-order chi connectivity index (χ1) is 14.6. The van der Waals surface area contributed by atoms with Crippen LogP contribution < -0.4 is 4.18 Å². The summed E-state index contributed by atoms with van der Waals surface area (Å²) in [5, 5.41) is 1.77. The van der Waals surface area contributed by atoms with Gasteiger partial charge in [0.15, 0.2) is 5.75 Å². The highest BCUT2D eigenvalue weighted by atomic mass is 32.2. The first kappa shape index (κ1) is 21.0. The maximum Gasteiger partial charge on any atom is 0.534 e. The molecule has 0 amide bonds. The van der Waals surface area contributed by atoms with E-state index in [-0.39, 0.29) is 11.5 Å². The SMILES string of the molecule is CC(C)c1nc(-c2c(OS(=O)(=O)C(F)(F)F)ccc3ccccc23)c2ccccc2n1. The van der Waals surface area contributed by atoms with Gasteiger partial charge in [-0.15, -0.1) is 0 Å². The van der Waals surface area contributed by atoms with Gasteiger partial charge < -0.3 is 4.18 Å². The number of benzene rings is 3. The van der Waals surface area contributed by atoms with Gasteiger partial charge in [0, 0.05) is 11.3 Å². The number of hydrogen-bond acceptors (Lipinski definition) is 5. The predicted molar refractivity (Wildman–Crippen MR) is 112 cm³/mol. The number of rotatable bonds is 4. The molecule has 0 unspecified atom stereocenters. The average Bonchev–Trinajstić information content (AvgIpc) is 2.72. The second-order valence-electron chi connectivity index (χ2n) is 7.25. The Morgan fingerprint density at radius 3 is 2.19 bits per heavy atom. The average molecular weight is 446 g/mol. The summed E-state index contributed by atoms with van der Waals surface area (Å²) in [5.41, 5.74) is -4.51. The van der Waals surface area contributed by atoms with E-state index in [1.54, 1.807) is 48.5 Å². The Hall–Kier alpha value is -3.20. The van der Waals surface area contributed by atoms with Crippen LogP contribution in [0.25, 0.3) is 32.9 Å². The Morgan fingerprint density at radius 2 is 1.52 bits per heavy atom. The van der Waals surface area contributed by atoms with E-state index in [9.17, 15) is 21.6 Å². The summed E-state index contributed by atoms with van der Waals surface area (Å²) < 4.78 is 67.4. The molecule has 9 heteroatoms. The maximum atomic E-state index is 13.1. The van der Waals surface area contributed by atoms with Crippen molar-refractivity contribution in [3.8, 4) is 17.0 Å². The molecule has 0 aliphatic carbocycles. The lowest BCUT2D eigenvalue weighted by Gasteiger charge is -2.17. The monoisotopic (exact) mass is 446 g/mol. The normalized spacial score (nSPS) is 12.6. The van der Waals surface area contributed by atoms with Gasteiger partial charge in [-0.2, -0.15) is 21.6 Å². The number of hydrogen-bond donors (Lipinski definition) is 0. The molecule has 0 radical (unpaired) electrons. The first-order valence-corrected chi connectivity index (χ1v) is 10.8. The highest BCUT2D eigenvalue weighted by Gasteiger charge is 2.49. The lowest BCUT2D eigenvalue weighted by Crippen LogP contribution is -2.28. The summed E-state index contributed by atoms with van der Waals surface area (Å²) in [6.45, 7) is 3.78. The van der Waals surface area contributed by atoms with Crippen molar-refractivity contribution >= 4 is 31.8 Å². The van der Waals surface area contributed by atoms with Crippen molar-refractivity contribution in [2.75, 3.05) is 0 Å². The van der Waals surface area contributed by atoms with Gasteiger partial charge >= 0.3 is 15.6 Å². The second kappa shape index (κ2) is 7.49. The van der Waals surface area contributed by atoms with E-state index in [1.807, 2.05) is 13.8 Å². The summed E-state index contributed by atoms with van der Waals surface area (Å²) in [7, 11) is -5.87. The molecular formula is C22H17F3N2O3S. The van der Waals surface area contributed by atoms with Gasteiger partial charge in [-0.3, -0.25) is 0 Å². The van der Waals surface area contributed by atoms with Crippen LogP contribution in [0.5, 0.6) is 5.75 Å². The van der Waals surface area contributed by atoms with Crippen LogP contribution in [0.1, 0.15) is 25.6 Å². The molecule has 0 saturated heterocycles. The molecule has 4 aromatic rings. The minimum Gasteiger partial charge on any atom is -0.375 e. The number of aromatic nitrogens is 2. The van der Waals surface area contributed by atoms with Crippen molar-refractivity contribution in [2.45, 2.75) is 25.3 Å². The van der Waals surface area contributed by atoms with Crippen LogP contribution in [0.15, 0.2) is 60.7 Å². The van der Waals surface area contributed by atoms with Crippen molar-refractivity contribution in [2.24, 2.45) is 0 Å². The standard InChI is InChI=1S/C22H17F3N2O3S/c1-13(2)21-26-17-10-6-5-9-16(17)20(27-21)19-15-8-4-3-7-14(15)11-12-18(19)30-31(28,29)22(23,24)25/h3-13H,1-2H3. The molecule has 3 aromatic carbocycles. The van der Waals surface area contributed by atoms with Gasteiger partial charge in [0.25, 0.3) is 0 Å². The first-order valence-electron chi connectivity index (χ1n) is 9.38. The number of nitrogens with zero attached hydrogens (tertiary/aromatic N) is 2. The van der Waals surface area contributed by atoms with Gasteiger partial charge in [-0.1, -0.05) is 62.4 Å². The molecule has 0 N–H and O–H groups in total. The third kappa shape index (κ3) is 3.81. The fraction of sp³-hybridized carbons (Fsp3) is 0.182. The lowest BCUT2D eigenvalue weighted by molar-refractivity contribution is -0.0499. The van der Waals surface area contributed by atoms with Crippen molar-refractivity contribution in [1.82, 2.24) is 9.97 Å². The summed E-state index contributed by atoms with van der Waals surface area (Å²) in [4.78, 5) is 9.14. The van der Waals surface area contributed by atoms with Crippen LogP contribution in [-0.2, 0) is 10.1 Å². The predicted octanol–water partition coefficient (Wildman–Crippen LogP) is 5.80. The van der Waals surface area contributed by atoms with E-state index in [0.717, 1.165) is 0 Å². The minimum absolute atomic E-state index is 0.0680. The highest BCUT2D eigenvalue weighted by Crippen LogP contribution is 2.41. The van der Waals surface area contributed by atoms with Gasteiger partial charge in [0.1, 0.15) is 5.82 Å². The topological polar surface area (TPSA) is 69.2 Å². The Kier molecular flexibility index (Phi) is 5.09. The summed E-state index contributed by atoms with van der Waals surface area (Å²) in [6, 6.07) is 16.7. The van der Waals surface area contributed by atoms with Gasteiger partial charge in [0.2, 0.25) is 0 Å². The van der Waals surface area contributed by atoms with Crippen LogP contribution >= 0.6 is 0 Å². The van der Waals surface area contributed by atoms with E-state index in [1.165, 1.54) is 12.1 Å². The van der Waals surface area contributed by atoms with E-state index in [4.69, 9.17) is 0 Å². The van der Waals surface area contributed by atoms with Crippen molar-refractivity contribution in [3.63, 3.8) is 0 Å². The molecular weight excluding hydrogens is 429 g/mol. The minimum atomic E-state index is -5.87. The maximum absolute atomic E-state index is 13.1. The smallest absolute Gasteiger partial charge is 0.375 e. The fourth-order valence-corrected chi connectivity index (χ4v) is 3.74. The molecule has 4 rings (SSSR count). The molecule has 0 aliphatic heterocycles. The Labute approximate surface area is 176 Å². The third-order valence-electron chi connectivity index (χ3n) is 4.75. The van der Waals surface area contributed by atoms with Crippen molar-refractivity contribution in [1.29, 1.82) is 0 Å². The lowest BCUT2D eigenvalue weighted by atomic mass is 9.98. The van der Waals surface area contributed by atoms with Crippen LogP contribution in [0.2, 0.25) is 0 Å². The Balaban J connectivity index is 2.10. The van der Waals surface area contributed by atoms with Crippen LogP contribution in [0.3, 0.4) is 0 Å². The fourth-order valence-electron chi connectivity index (χ4n) is 3.27. The molecule has 1 aromatic heterocycles. The van der Waals surface area contributed by atoms with Gasteiger partial charge in [-0.25, -0.2) is 9.97 Å². The molecule has 0 spiro atoms. The highest BCUT2D eigenvalue weighted by molar-refractivity contribution is 7.88. The van der Waals surface area contributed by atoms with Crippen molar-refractivity contribution < 1.29 is 25.8 Å². The summed E-state index contributed by atoms with van der Waals surface area (Å²) in [5.74, 6) is -0.0394. The van der Waals surface area contributed by atoms with Crippen LogP contribution in [0, 0.1) is 0 Å². The van der Waals surface area contributed by atoms with E-state index >= 15 is 0 Å². The number of para-hydroxylation sites is 1. The molecule has 0 aliphatic rings. The van der Waals surface area contributed by atoms with Crippen molar-refractivity contribution in [3.05, 3.63) is 66.5 Å². The summed E-state index contributed by atoms with van der Waals surface area (Å²) in [6.07, 6.45) is 0. The molecule has 0 fully saturated rings. The molecule has 5 nitrogen and oxygen atoms in total. The summed E-state index contributed by atoms with van der Waals surface area (Å²) >= 11 is 0. The zero-order valence-electron chi connectivity index (χ0n) is 16.5. The Bertz CT molecular complexity index is 1400. The number of halogens is 3. The number of fused-ring (bicyclic) bond motifs is 2. The van der Waals surface area contributed by atoms with Crippen LogP contribution in [0.4, 0.5) is 13.2 Å². The Morgan fingerprint density at radius 1 is 0.871 bits per heavy atom. The zero-order chi connectivity index (χ0) is 22.4. The molecule has 31 heavy (non-hydrogen) atoms. The zero-order valence-corrected chi connectivity index (χ0v) is 17.3. The molecule has 0 saturated carbocycles. The van der Waals surface area contributed by atoms with Gasteiger partial charge in [-0.05, 0) is 22.9 Å². The third-order valence-corrected chi connectivity index (χ3v) is 5.71. The van der Waals surface area contributed by atoms with E-state index in [2.05, 4.69) is 14.2 Å². The quantitative estimate of drug-likeness (QED) is 0.293. The largest absolute Gasteiger partial charge is 0.534 e. The van der Waals surface area contributed by atoms with Gasteiger partial charge in [0.05, 0.1) is 16.8 Å². The molecule has 0 atom stereocenters. The number of alkyl halides is 3. The van der Waals surface area contributed by atoms with E-state index < -0.39 is 21.4 Å². The van der Waals surface area contributed by atoms with E-state index in [0.29, 0.717) is 33.2 Å². The second-order valence-corrected chi connectivity index (χ2v) is 8.78. The molecule has 160 valence electrons. The molecule has 0 bridgehead atoms. The van der Waals surface area contributed by atoms with Crippen LogP contribution in [-0.4, -0.2) is 23.9 Å². The molecule has 1 heterocycles.